The number of halogens is 1. The van der Waals surface area contributed by atoms with Crippen LogP contribution in [-0.2, 0) is 10.3 Å². The summed E-state index contributed by atoms with van der Waals surface area (Å²) in [4.78, 5) is 15.1. The van der Waals surface area contributed by atoms with Crippen LogP contribution >= 0.6 is 23.4 Å². The molecule has 0 aliphatic carbocycles. The topological polar surface area (TPSA) is 59.8 Å². The van der Waals surface area contributed by atoms with Crippen LogP contribution in [0.5, 0.6) is 0 Å². The molecule has 1 rings (SSSR count). The Balaban J connectivity index is 2.42. The summed E-state index contributed by atoms with van der Waals surface area (Å²) in [6.07, 6.45) is 1.55. The number of amides is 1. The summed E-state index contributed by atoms with van der Waals surface area (Å²) in [5.74, 6) is 0.602. The van der Waals surface area contributed by atoms with Crippen molar-refractivity contribution in [2.24, 2.45) is 0 Å². The SMILES string of the molecule is CC(C)(C)n1ncnc1SCCNC(=O)CCl. The molecule has 1 aromatic heterocycles. The molecule has 0 atom stereocenters. The fourth-order valence-electron chi connectivity index (χ4n) is 1.17. The van der Waals surface area contributed by atoms with E-state index in [-0.39, 0.29) is 17.3 Å². The Labute approximate surface area is 110 Å². The van der Waals surface area contributed by atoms with Gasteiger partial charge in [0.25, 0.3) is 0 Å². The van der Waals surface area contributed by atoms with Gasteiger partial charge in [-0.1, -0.05) is 11.8 Å². The number of carbonyl (C=O) groups is 1. The Hall–Kier alpha value is -0.750. The van der Waals surface area contributed by atoms with E-state index in [0.29, 0.717) is 6.54 Å². The van der Waals surface area contributed by atoms with Gasteiger partial charge in [-0.25, -0.2) is 9.67 Å². The molecule has 0 spiro atoms. The van der Waals surface area contributed by atoms with Crippen LogP contribution in [0, 0.1) is 0 Å². The molecule has 0 bridgehead atoms. The first-order chi connectivity index (χ1) is 7.95. The number of hydrogen-bond acceptors (Lipinski definition) is 4. The average Bonchev–Trinajstić information content (AvgIpc) is 2.71. The van der Waals surface area contributed by atoms with E-state index < -0.39 is 0 Å². The van der Waals surface area contributed by atoms with E-state index in [2.05, 4.69) is 36.2 Å². The van der Waals surface area contributed by atoms with Gasteiger partial charge in [0.15, 0.2) is 5.16 Å². The summed E-state index contributed by atoms with van der Waals surface area (Å²) >= 11 is 6.93. The van der Waals surface area contributed by atoms with Crippen molar-refractivity contribution < 1.29 is 4.79 Å². The first kappa shape index (κ1) is 14.3. The van der Waals surface area contributed by atoms with Crippen LogP contribution in [0.3, 0.4) is 0 Å². The van der Waals surface area contributed by atoms with Crippen LogP contribution < -0.4 is 5.32 Å². The second-order valence-electron chi connectivity index (χ2n) is 4.46. The van der Waals surface area contributed by atoms with Crippen LogP contribution in [0.2, 0.25) is 0 Å². The largest absolute Gasteiger partial charge is 0.354 e. The van der Waals surface area contributed by atoms with E-state index in [4.69, 9.17) is 11.6 Å². The molecule has 0 saturated heterocycles. The molecule has 96 valence electrons. The molecule has 17 heavy (non-hydrogen) atoms. The highest BCUT2D eigenvalue weighted by Crippen LogP contribution is 2.21. The van der Waals surface area contributed by atoms with Gasteiger partial charge < -0.3 is 5.32 Å². The minimum atomic E-state index is -0.149. The lowest BCUT2D eigenvalue weighted by atomic mass is 10.1. The van der Waals surface area contributed by atoms with Crippen LogP contribution in [0.15, 0.2) is 11.5 Å². The maximum atomic E-state index is 10.9. The molecule has 0 aliphatic heterocycles. The van der Waals surface area contributed by atoms with E-state index >= 15 is 0 Å². The molecule has 0 aromatic carbocycles. The van der Waals surface area contributed by atoms with Crippen molar-refractivity contribution in [3.63, 3.8) is 0 Å². The molecule has 5 nitrogen and oxygen atoms in total. The van der Waals surface area contributed by atoms with Crippen molar-refractivity contribution in [2.75, 3.05) is 18.2 Å². The number of carbonyl (C=O) groups excluding carboxylic acids is 1. The third-order valence-electron chi connectivity index (χ3n) is 1.93. The molecule has 7 heteroatoms. The van der Waals surface area contributed by atoms with Gasteiger partial charge in [0.2, 0.25) is 5.91 Å². The first-order valence-corrected chi connectivity index (χ1v) is 6.83. The number of thioether (sulfide) groups is 1. The van der Waals surface area contributed by atoms with Crippen molar-refractivity contribution in [3.8, 4) is 0 Å². The van der Waals surface area contributed by atoms with E-state index in [1.54, 1.807) is 18.1 Å². The van der Waals surface area contributed by atoms with Crippen molar-refractivity contribution in [2.45, 2.75) is 31.5 Å². The molecule has 1 N–H and O–H groups in total. The van der Waals surface area contributed by atoms with Crippen molar-refractivity contribution in [3.05, 3.63) is 6.33 Å². The second kappa shape index (κ2) is 6.26. The van der Waals surface area contributed by atoms with Crippen LogP contribution in [0.1, 0.15) is 20.8 Å². The van der Waals surface area contributed by atoms with Gasteiger partial charge in [-0.15, -0.1) is 11.6 Å². The number of hydrogen-bond donors (Lipinski definition) is 1. The number of nitrogens with zero attached hydrogens (tertiary/aromatic N) is 3. The first-order valence-electron chi connectivity index (χ1n) is 5.31. The smallest absolute Gasteiger partial charge is 0.234 e. The summed E-state index contributed by atoms with van der Waals surface area (Å²) in [5.41, 5.74) is -0.0851. The third kappa shape index (κ3) is 4.55. The quantitative estimate of drug-likeness (QED) is 0.503. The zero-order valence-electron chi connectivity index (χ0n) is 10.2. The Morgan fingerprint density at radius 2 is 2.29 bits per heavy atom. The predicted molar refractivity (Wildman–Crippen MR) is 69.5 cm³/mol. The highest BCUT2D eigenvalue weighted by molar-refractivity contribution is 7.99. The standard InChI is InChI=1S/C10H17ClN4OS/c1-10(2,3)15-9(13-7-14-15)17-5-4-12-8(16)6-11/h7H,4-6H2,1-3H3,(H,12,16). The fourth-order valence-corrected chi connectivity index (χ4v) is 2.22. The molecular weight excluding hydrogens is 260 g/mol. The molecule has 0 aliphatic rings. The minimum Gasteiger partial charge on any atom is -0.354 e. The lowest BCUT2D eigenvalue weighted by molar-refractivity contribution is -0.118. The van der Waals surface area contributed by atoms with Crippen molar-refractivity contribution >= 4 is 29.3 Å². The zero-order valence-corrected chi connectivity index (χ0v) is 11.8. The summed E-state index contributed by atoms with van der Waals surface area (Å²) in [7, 11) is 0. The van der Waals surface area contributed by atoms with Gasteiger partial charge in [-0.05, 0) is 20.8 Å². The highest BCUT2D eigenvalue weighted by atomic mass is 35.5. The number of aromatic nitrogens is 3. The molecular formula is C10H17ClN4OS. The maximum absolute atomic E-state index is 10.9. The summed E-state index contributed by atoms with van der Waals surface area (Å²) in [6.45, 7) is 6.79. The third-order valence-corrected chi connectivity index (χ3v) is 3.12. The van der Waals surface area contributed by atoms with E-state index in [1.165, 1.54) is 0 Å². The molecule has 0 unspecified atom stereocenters. The summed E-state index contributed by atoms with van der Waals surface area (Å²) in [5, 5.41) is 7.76. The van der Waals surface area contributed by atoms with Gasteiger partial charge >= 0.3 is 0 Å². The van der Waals surface area contributed by atoms with Gasteiger partial charge in [0.1, 0.15) is 12.2 Å². The molecule has 1 heterocycles. The minimum absolute atomic E-state index is 0.00282. The summed E-state index contributed by atoms with van der Waals surface area (Å²) in [6, 6.07) is 0. The number of nitrogens with one attached hydrogen (secondary N) is 1. The Kier molecular flexibility index (Phi) is 5.27. The van der Waals surface area contributed by atoms with Gasteiger partial charge in [0, 0.05) is 12.3 Å². The van der Waals surface area contributed by atoms with E-state index in [9.17, 15) is 4.79 Å². The lowest BCUT2D eigenvalue weighted by Gasteiger charge is -2.20. The molecule has 0 radical (unpaired) electrons. The van der Waals surface area contributed by atoms with Crippen LogP contribution in [0.25, 0.3) is 0 Å². The molecule has 1 aromatic rings. The van der Waals surface area contributed by atoms with Crippen LogP contribution in [0.4, 0.5) is 0 Å². The maximum Gasteiger partial charge on any atom is 0.234 e. The van der Waals surface area contributed by atoms with E-state index in [1.807, 2.05) is 4.68 Å². The molecule has 0 fully saturated rings. The average molecular weight is 277 g/mol. The Morgan fingerprint density at radius 1 is 1.59 bits per heavy atom. The zero-order chi connectivity index (χ0) is 12.9. The number of rotatable bonds is 5. The van der Waals surface area contributed by atoms with Gasteiger partial charge in [-0.2, -0.15) is 5.10 Å². The predicted octanol–water partition coefficient (Wildman–Crippen LogP) is 1.48. The van der Waals surface area contributed by atoms with E-state index in [0.717, 1.165) is 10.9 Å². The monoisotopic (exact) mass is 276 g/mol. The highest BCUT2D eigenvalue weighted by Gasteiger charge is 2.18. The second-order valence-corrected chi connectivity index (χ2v) is 5.79. The molecule has 0 saturated carbocycles. The summed E-state index contributed by atoms with van der Waals surface area (Å²) < 4.78 is 1.88. The van der Waals surface area contributed by atoms with Gasteiger partial charge in [-0.3, -0.25) is 4.79 Å². The lowest BCUT2D eigenvalue weighted by Crippen LogP contribution is -2.27. The Morgan fingerprint density at radius 3 is 2.88 bits per heavy atom. The Bertz CT molecular complexity index is 375. The van der Waals surface area contributed by atoms with Crippen molar-refractivity contribution in [1.29, 1.82) is 0 Å². The number of alkyl halides is 1. The van der Waals surface area contributed by atoms with Crippen LogP contribution in [-0.4, -0.2) is 38.8 Å². The van der Waals surface area contributed by atoms with Crippen molar-refractivity contribution in [1.82, 2.24) is 20.1 Å². The van der Waals surface area contributed by atoms with Gasteiger partial charge in [0.05, 0.1) is 5.54 Å². The molecule has 1 amide bonds. The fraction of sp³-hybridized carbons (Fsp3) is 0.700. The normalized spacial score (nSPS) is 11.5.